The molecule has 0 spiro atoms. The zero-order valence-electron chi connectivity index (χ0n) is 21.3. The van der Waals surface area contributed by atoms with Gasteiger partial charge in [0.15, 0.2) is 5.78 Å². The Morgan fingerprint density at radius 3 is 2.36 bits per heavy atom. The minimum Gasteiger partial charge on any atom is -0.390 e. The second-order valence-electron chi connectivity index (χ2n) is 13.2. The molecular formula is C28H44O5. The van der Waals surface area contributed by atoms with E-state index < -0.39 is 23.2 Å². The lowest BCUT2D eigenvalue weighted by atomic mass is 9.46. The summed E-state index contributed by atoms with van der Waals surface area (Å²) in [5.41, 5.74) is -0.740. The first-order chi connectivity index (χ1) is 15.3. The quantitative estimate of drug-likeness (QED) is 0.554. The minimum atomic E-state index is -0.979. The van der Waals surface area contributed by atoms with E-state index >= 15 is 0 Å². The molecule has 186 valence electrons. The Labute approximate surface area is 199 Å². The zero-order valence-corrected chi connectivity index (χ0v) is 21.3. The van der Waals surface area contributed by atoms with Crippen molar-refractivity contribution in [1.29, 1.82) is 0 Å². The van der Waals surface area contributed by atoms with Gasteiger partial charge in [-0.3, -0.25) is 4.79 Å². The highest BCUT2D eigenvalue weighted by Crippen LogP contribution is 2.68. The number of ketones is 1. The predicted molar refractivity (Wildman–Crippen MR) is 126 cm³/mol. The van der Waals surface area contributed by atoms with Crippen LogP contribution in [-0.4, -0.2) is 51.1 Å². The second-order valence-corrected chi connectivity index (χ2v) is 13.2. The Kier molecular flexibility index (Phi) is 5.54. The van der Waals surface area contributed by atoms with Gasteiger partial charge in [-0.1, -0.05) is 41.5 Å². The van der Waals surface area contributed by atoms with Gasteiger partial charge in [-0.25, -0.2) is 0 Å². The van der Waals surface area contributed by atoms with Crippen LogP contribution in [0, 0.1) is 46.3 Å². The monoisotopic (exact) mass is 460 g/mol. The highest BCUT2D eigenvalue weighted by atomic mass is 16.6. The van der Waals surface area contributed by atoms with Gasteiger partial charge in [0.05, 0.1) is 30.0 Å². The van der Waals surface area contributed by atoms with E-state index in [9.17, 15) is 20.1 Å². The van der Waals surface area contributed by atoms with Crippen molar-refractivity contribution in [3.8, 4) is 0 Å². The van der Waals surface area contributed by atoms with Gasteiger partial charge in [-0.15, -0.1) is 0 Å². The van der Waals surface area contributed by atoms with Crippen LogP contribution in [0.3, 0.4) is 0 Å². The van der Waals surface area contributed by atoms with Crippen LogP contribution in [0.1, 0.15) is 80.1 Å². The standard InChI is InChI=1S/C28H44O5/c1-14(2)15(3)24-25(33-24)16(4)17-8-10-28(32)19-11-21(29)20-12-22(30)23(31)13-26(20,5)18(19)7-9-27(17,28)6/h11,14-18,20,22-25,30-32H,7-10,12-13H2,1-6H3/t15-,16-,17-,18+,20-,22+,23-,24+,25+,26+,27+,28+/m0/s1. The van der Waals surface area contributed by atoms with E-state index in [0.717, 1.165) is 24.8 Å². The molecule has 1 saturated heterocycles. The van der Waals surface area contributed by atoms with Gasteiger partial charge >= 0.3 is 0 Å². The zero-order chi connectivity index (χ0) is 24.1. The van der Waals surface area contributed by atoms with E-state index in [4.69, 9.17) is 4.74 Å². The van der Waals surface area contributed by atoms with Crippen molar-refractivity contribution in [1.82, 2.24) is 0 Å². The number of epoxide rings is 1. The number of rotatable bonds is 4. The van der Waals surface area contributed by atoms with Crippen molar-refractivity contribution < 1.29 is 24.9 Å². The van der Waals surface area contributed by atoms with Gasteiger partial charge in [-0.05, 0) is 85.2 Å². The van der Waals surface area contributed by atoms with Crippen LogP contribution in [0.2, 0.25) is 0 Å². The number of fused-ring (bicyclic) bond motifs is 5. The third-order valence-electron chi connectivity index (χ3n) is 11.5. The molecule has 5 nitrogen and oxygen atoms in total. The first-order valence-electron chi connectivity index (χ1n) is 13.3. The fraction of sp³-hybridized carbons (Fsp3) is 0.893. The van der Waals surface area contributed by atoms with Crippen LogP contribution >= 0.6 is 0 Å². The number of carbonyl (C=O) groups is 1. The Morgan fingerprint density at radius 2 is 1.70 bits per heavy atom. The molecule has 33 heavy (non-hydrogen) atoms. The molecule has 0 radical (unpaired) electrons. The van der Waals surface area contributed by atoms with Crippen LogP contribution in [0.4, 0.5) is 0 Å². The smallest absolute Gasteiger partial charge is 0.159 e. The number of aliphatic hydroxyl groups excluding tert-OH is 2. The third-order valence-corrected chi connectivity index (χ3v) is 11.5. The van der Waals surface area contributed by atoms with Crippen LogP contribution < -0.4 is 0 Å². The first-order valence-corrected chi connectivity index (χ1v) is 13.3. The van der Waals surface area contributed by atoms with Crippen molar-refractivity contribution in [2.45, 2.75) is 110 Å². The summed E-state index contributed by atoms with van der Waals surface area (Å²) in [5, 5.41) is 33.1. The van der Waals surface area contributed by atoms with Crippen LogP contribution in [0.25, 0.3) is 0 Å². The van der Waals surface area contributed by atoms with Crippen LogP contribution in [-0.2, 0) is 9.53 Å². The lowest BCUT2D eigenvalue weighted by Crippen LogP contribution is -2.61. The number of hydrogen-bond acceptors (Lipinski definition) is 5. The second kappa shape index (κ2) is 7.62. The molecular weight excluding hydrogens is 416 g/mol. The molecule has 0 amide bonds. The van der Waals surface area contributed by atoms with Crippen molar-refractivity contribution in [3.05, 3.63) is 11.6 Å². The maximum absolute atomic E-state index is 13.3. The normalized spacial score (nSPS) is 53.1. The molecule has 0 aromatic heterocycles. The molecule has 3 N–H and O–H groups in total. The van der Waals surface area contributed by atoms with Gasteiger partial charge in [0.1, 0.15) is 0 Å². The summed E-state index contributed by atoms with van der Waals surface area (Å²) < 4.78 is 6.20. The lowest BCUT2D eigenvalue weighted by molar-refractivity contribution is -0.153. The Morgan fingerprint density at radius 1 is 1.00 bits per heavy atom. The summed E-state index contributed by atoms with van der Waals surface area (Å²) in [6.45, 7) is 13.5. The highest BCUT2D eigenvalue weighted by Gasteiger charge is 2.68. The summed E-state index contributed by atoms with van der Waals surface area (Å²) in [4.78, 5) is 13.3. The molecule has 0 unspecified atom stereocenters. The largest absolute Gasteiger partial charge is 0.390 e. The molecule has 4 aliphatic carbocycles. The summed E-state index contributed by atoms with van der Waals surface area (Å²) in [6, 6.07) is 0. The number of allylic oxidation sites excluding steroid dienone is 1. The number of carbonyl (C=O) groups excluding carboxylic acids is 1. The van der Waals surface area contributed by atoms with E-state index in [-0.39, 0.29) is 29.1 Å². The summed E-state index contributed by atoms with van der Waals surface area (Å²) in [7, 11) is 0. The van der Waals surface area contributed by atoms with E-state index in [1.54, 1.807) is 6.08 Å². The fourth-order valence-corrected chi connectivity index (χ4v) is 8.84. The van der Waals surface area contributed by atoms with Crippen molar-refractivity contribution in [2.24, 2.45) is 46.3 Å². The average molecular weight is 461 g/mol. The van der Waals surface area contributed by atoms with Crippen molar-refractivity contribution in [2.75, 3.05) is 0 Å². The molecule has 0 aromatic rings. The van der Waals surface area contributed by atoms with Crippen molar-refractivity contribution in [3.63, 3.8) is 0 Å². The Bertz CT molecular complexity index is 851. The molecule has 1 aliphatic heterocycles. The van der Waals surface area contributed by atoms with E-state index in [1.807, 2.05) is 0 Å². The average Bonchev–Trinajstić information content (AvgIpc) is 3.48. The highest BCUT2D eigenvalue weighted by molar-refractivity contribution is 5.95. The van der Waals surface area contributed by atoms with Crippen molar-refractivity contribution >= 4 is 5.78 Å². The maximum atomic E-state index is 13.3. The van der Waals surface area contributed by atoms with Gasteiger partial charge in [0.2, 0.25) is 0 Å². The van der Waals surface area contributed by atoms with Gasteiger partial charge in [-0.2, -0.15) is 0 Å². The molecule has 5 aliphatic rings. The summed E-state index contributed by atoms with van der Waals surface area (Å²) >= 11 is 0. The summed E-state index contributed by atoms with van der Waals surface area (Å²) in [5.74, 6) is 1.70. The topological polar surface area (TPSA) is 90.3 Å². The molecule has 0 bridgehead atoms. The molecule has 12 atom stereocenters. The Balaban J connectivity index is 1.44. The molecule has 1 heterocycles. The minimum absolute atomic E-state index is 0.0280. The summed E-state index contributed by atoms with van der Waals surface area (Å²) in [6.07, 6.45) is 4.93. The lowest BCUT2D eigenvalue weighted by Gasteiger charge is -2.60. The van der Waals surface area contributed by atoms with E-state index in [2.05, 4.69) is 41.5 Å². The predicted octanol–water partition coefficient (Wildman–Crippen LogP) is 3.89. The molecule has 4 fully saturated rings. The molecule has 3 saturated carbocycles. The molecule has 0 aromatic carbocycles. The number of ether oxygens (including phenoxy) is 1. The Hall–Kier alpha value is -0.750. The number of aliphatic hydroxyl groups is 3. The van der Waals surface area contributed by atoms with Gasteiger partial charge < -0.3 is 20.1 Å². The molecule has 5 rings (SSSR count). The van der Waals surface area contributed by atoms with Crippen LogP contribution in [0.15, 0.2) is 11.6 Å². The van der Waals surface area contributed by atoms with Gasteiger partial charge in [0.25, 0.3) is 0 Å². The first kappa shape index (κ1) is 24.0. The third kappa shape index (κ3) is 3.21. The maximum Gasteiger partial charge on any atom is 0.159 e. The fourth-order valence-electron chi connectivity index (χ4n) is 8.84. The van der Waals surface area contributed by atoms with Crippen LogP contribution in [0.5, 0.6) is 0 Å². The van der Waals surface area contributed by atoms with E-state index in [0.29, 0.717) is 49.0 Å². The number of hydrogen-bond donors (Lipinski definition) is 3. The van der Waals surface area contributed by atoms with Gasteiger partial charge in [0, 0.05) is 11.3 Å². The SMILES string of the molecule is CC(C)[C@H](C)[C@H]1O[C@@H]1[C@@H](C)[C@@H]1CC[C@@]2(O)C3=CC(=O)[C@@H]4C[C@@H](O)[C@@H](O)C[C@]4(C)[C@@H]3CC[C@]12C. The van der Waals surface area contributed by atoms with E-state index in [1.165, 1.54) is 0 Å². The molecule has 5 heteroatoms.